The predicted octanol–water partition coefficient (Wildman–Crippen LogP) is 3.81. The molecule has 1 fully saturated rings. The molecule has 3 rings (SSSR count). The summed E-state index contributed by atoms with van der Waals surface area (Å²) in [6.07, 6.45) is 0. The first kappa shape index (κ1) is 18.5. The van der Waals surface area contributed by atoms with E-state index in [0.29, 0.717) is 35.1 Å². The van der Waals surface area contributed by atoms with Crippen molar-refractivity contribution in [2.75, 3.05) is 33.6 Å². The largest absolute Gasteiger partial charge is 0.496 e. The lowest BCUT2D eigenvalue weighted by Crippen LogP contribution is -2.30. The normalized spacial score (nSPS) is 16.7. The van der Waals surface area contributed by atoms with Crippen LogP contribution in [0, 0.1) is 13.8 Å². The Hall–Kier alpha value is -2.28. The Morgan fingerprint density at radius 1 is 1.08 bits per heavy atom. The summed E-state index contributed by atoms with van der Waals surface area (Å²) in [5, 5.41) is -0.160. The fourth-order valence-electron chi connectivity index (χ4n) is 3.18. The van der Waals surface area contributed by atoms with Crippen molar-refractivity contribution in [3.63, 3.8) is 0 Å². The van der Waals surface area contributed by atoms with E-state index in [2.05, 4.69) is 0 Å². The van der Waals surface area contributed by atoms with Crippen molar-refractivity contribution in [3.8, 4) is 17.2 Å². The van der Waals surface area contributed by atoms with E-state index in [4.69, 9.17) is 18.6 Å². The highest BCUT2D eigenvalue weighted by molar-refractivity contribution is 7.99. The summed E-state index contributed by atoms with van der Waals surface area (Å²) < 4.78 is 21.9. The molecule has 1 aromatic heterocycles. The van der Waals surface area contributed by atoms with Crippen LogP contribution in [0.4, 0.5) is 0 Å². The first-order valence-electron chi connectivity index (χ1n) is 8.29. The zero-order valence-corrected chi connectivity index (χ0v) is 16.4. The van der Waals surface area contributed by atoms with Gasteiger partial charge in [-0.25, -0.2) is 0 Å². The summed E-state index contributed by atoms with van der Waals surface area (Å²) in [4.78, 5) is 15.0. The van der Waals surface area contributed by atoms with Crippen molar-refractivity contribution in [3.05, 3.63) is 40.8 Å². The van der Waals surface area contributed by atoms with Crippen molar-refractivity contribution in [1.29, 1.82) is 0 Å². The van der Waals surface area contributed by atoms with Gasteiger partial charge in [0.1, 0.15) is 22.6 Å². The molecule has 0 spiro atoms. The second-order valence-electron chi connectivity index (χ2n) is 6.00. The lowest BCUT2D eigenvalue weighted by molar-refractivity contribution is 0.0757. The van der Waals surface area contributed by atoms with Crippen molar-refractivity contribution in [1.82, 2.24) is 4.90 Å². The number of ether oxygens (including phenoxy) is 3. The minimum atomic E-state index is -0.160. The second kappa shape index (κ2) is 7.53. The smallest absolute Gasteiger partial charge is 0.258 e. The first-order valence-corrected chi connectivity index (χ1v) is 9.34. The Morgan fingerprint density at radius 3 is 2.31 bits per heavy atom. The van der Waals surface area contributed by atoms with E-state index in [1.165, 1.54) is 0 Å². The highest BCUT2D eigenvalue weighted by Crippen LogP contribution is 2.46. The summed E-state index contributed by atoms with van der Waals surface area (Å²) in [5.41, 5.74) is 1.49. The average Bonchev–Trinajstić information content (AvgIpc) is 3.26. The van der Waals surface area contributed by atoms with Crippen molar-refractivity contribution < 1.29 is 23.4 Å². The molecular weight excluding hydrogens is 354 g/mol. The number of hydrogen-bond acceptors (Lipinski definition) is 6. The molecule has 0 N–H and O–H groups in total. The molecule has 1 amide bonds. The molecule has 2 heterocycles. The third-order valence-electron chi connectivity index (χ3n) is 4.43. The van der Waals surface area contributed by atoms with E-state index >= 15 is 0 Å². The molecule has 1 unspecified atom stereocenters. The molecule has 0 radical (unpaired) electrons. The predicted molar refractivity (Wildman–Crippen MR) is 101 cm³/mol. The Balaban J connectivity index is 2.00. The maximum absolute atomic E-state index is 13.1. The molecule has 1 aromatic carbocycles. The summed E-state index contributed by atoms with van der Waals surface area (Å²) in [7, 11) is 4.79. The highest BCUT2D eigenvalue weighted by atomic mass is 32.2. The molecule has 2 aromatic rings. The van der Waals surface area contributed by atoms with E-state index in [-0.39, 0.29) is 11.3 Å². The van der Waals surface area contributed by atoms with Crippen molar-refractivity contribution >= 4 is 17.7 Å². The van der Waals surface area contributed by atoms with Crippen LogP contribution in [0.5, 0.6) is 17.2 Å². The van der Waals surface area contributed by atoms with E-state index < -0.39 is 0 Å². The van der Waals surface area contributed by atoms with Gasteiger partial charge in [0.2, 0.25) is 0 Å². The van der Waals surface area contributed by atoms with Crippen LogP contribution in [0.3, 0.4) is 0 Å². The lowest BCUT2D eigenvalue weighted by Gasteiger charge is -2.26. The summed E-state index contributed by atoms with van der Waals surface area (Å²) in [5.74, 6) is 4.06. The van der Waals surface area contributed by atoms with Gasteiger partial charge in [0.05, 0.1) is 26.9 Å². The van der Waals surface area contributed by atoms with Gasteiger partial charge in [-0.15, -0.1) is 11.8 Å². The second-order valence-corrected chi connectivity index (χ2v) is 7.19. The molecule has 140 valence electrons. The molecule has 0 saturated carbocycles. The monoisotopic (exact) mass is 377 g/mol. The van der Waals surface area contributed by atoms with Gasteiger partial charge in [0.15, 0.2) is 11.5 Å². The van der Waals surface area contributed by atoms with Crippen LogP contribution in [0.25, 0.3) is 0 Å². The van der Waals surface area contributed by atoms with Gasteiger partial charge in [-0.05, 0) is 26.0 Å². The zero-order chi connectivity index (χ0) is 18.8. The third-order valence-corrected chi connectivity index (χ3v) is 5.67. The molecular formula is C19H23NO5S. The van der Waals surface area contributed by atoms with Gasteiger partial charge in [-0.1, -0.05) is 0 Å². The molecule has 1 saturated heterocycles. The van der Waals surface area contributed by atoms with E-state index in [1.807, 2.05) is 24.8 Å². The molecule has 0 bridgehead atoms. The number of carbonyl (C=O) groups excluding carboxylic acids is 1. The number of thioether (sulfide) groups is 1. The Bertz CT molecular complexity index is 817. The summed E-state index contributed by atoms with van der Waals surface area (Å²) in [6, 6.07) is 5.47. The number of benzene rings is 1. The van der Waals surface area contributed by atoms with Crippen LogP contribution in [-0.2, 0) is 0 Å². The fraction of sp³-hybridized carbons (Fsp3) is 0.421. The zero-order valence-electron chi connectivity index (χ0n) is 15.6. The molecule has 6 nitrogen and oxygen atoms in total. The molecule has 1 aliphatic rings. The number of furan rings is 1. The minimum Gasteiger partial charge on any atom is -0.496 e. The number of aryl methyl sites for hydroxylation is 2. The minimum absolute atomic E-state index is 0.0359. The summed E-state index contributed by atoms with van der Waals surface area (Å²) in [6.45, 7) is 4.32. The average molecular weight is 377 g/mol. The maximum atomic E-state index is 13.1. The van der Waals surface area contributed by atoms with E-state index in [9.17, 15) is 4.79 Å². The fourth-order valence-corrected chi connectivity index (χ4v) is 4.45. The number of carbonyl (C=O) groups is 1. The topological polar surface area (TPSA) is 61.1 Å². The van der Waals surface area contributed by atoms with Gasteiger partial charge in [-0.2, -0.15) is 0 Å². The van der Waals surface area contributed by atoms with Crippen LogP contribution in [0.1, 0.15) is 32.8 Å². The number of rotatable bonds is 5. The Morgan fingerprint density at radius 2 is 1.73 bits per heavy atom. The van der Waals surface area contributed by atoms with E-state index in [0.717, 1.165) is 17.1 Å². The van der Waals surface area contributed by atoms with Crippen LogP contribution in [-0.4, -0.2) is 44.4 Å². The van der Waals surface area contributed by atoms with Crippen LogP contribution >= 0.6 is 11.8 Å². The van der Waals surface area contributed by atoms with Gasteiger partial charge in [-0.3, -0.25) is 4.79 Å². The Labute approximate surface area is 157 Å². The lowest BCUT2D eigenvalue weighted by atomic mass is 10.1. The quantitative estimate of drug-likeness (QED) is 0.790. The number of methoxy groups -OCH3 is 3. The Kier molecular flexibility index (Phi) is 5.36. The van der Waals surface area contributed by atoms with Crippen LogP contribution in [0.2, 0.25) is 0 Å². The van der Waals surface area contributed by atoms with Crippen molar-refractivity contribution in [2.24, 2.45) is 0 Å². The van der Waals surface area contributed by atoms with Gasteiger partial charge >= 0.3 is 0 Å². The number of hydrogen-bond donors (Lipinski definition) is 0. The van der Waals surface area contributed by atoms with Gasteiger partial charge < -0.3 is 23.5 Å². The van der Waals surface area contributed by atoms with Crippen molar-refractivity contribution in [2.45, 2.75) is 19.2 Å². The molecule has 1 aliphatic heterocycles. The van der Waals surface area contributed by atoms with Gasteiger partial charge in [0, 0.05) is 23.9 Å². The molecule has 7 heteroatoms. The third kappa shape index (κ3) is 3.23. The number of nitrogens with zero attached hydrogens (tertiary/aromatic N) is 1. The van der Waals surface area contributed by atoms with Gasteiger partial charge in [0.25, 0.3) is 5.91 Å². The molecule has 26 heavy (non-hydrogen) atoms. The van der Waals surface area contributed by atoms with Crippen LogP contribution < -0.4 is 14.2 Å². The number of amides is 1. The SMILES string of the molecule is COc1cc(OC)c(C2SCCN2C(=O)c2cc(C)oc2C)cc1OC. The first-order chi connectivity index (χ1) is 12.5. The van der Waals surface area contributed by atoms with E-state index in [1.54, 1.807) is 45.2 Å². The summed E-state index contributed by atoms with van der Waals surface area (Å²) >= 11 is 1.70. The molecule has 0 aliphatic carbocycles. The molecule has 1 atom stereocenters. The standard InChI is InChI=1S/C19H23NO5S/c1-11-8-13(12(2)25-11)18(21)20-6-7-26-19(20)14-9-16(23-4)17(24-5)10-15(14)22-3/h8-10,19H,6-7H2,1-5H3. The van der Waals surface area contributed by atoms with Crippen LogP contribution in [0.15, 0.2) is 22.6 Å². The maximum Gasteiger partial charge on any atom is 0.258 e. The highest BCUT2D eigenvalue weighted by Gasteiger charge is 2.35.